The number of para-hydroxylation sites is 1. The quantitative estimate of drug-likeness (QED) is 0.661. The van der Waals surface area contributed by atoms with Crippen LogP contribution in [0.3, 0.4) is 0 Å². The minimum Gasteiger partial charge on any atom is -0.375 e. The third-order valence-electron chi connectivity index (χ3n) is 3.44. The van der Waals surface area contributed by atoms with Gasteiger partial charge in [-0.05, 0) is 23.1 Å². The highest BCUT2D eigenvalue weighted by molar-refractivity contribution is 5.80. The summed E-state index contributed by atoms with van der Waals surface area (Å²) in [6.45, 7) is 4.32. The SMILES string of the molecule is CC(C)c1ccccc1-c1cccc(N(C)C)c1OO. The van der Waals surface area contributed by atoms with Crippen molar-refractivity contribution in [3.63, 3.8) is 0 Å². The minimum absolute atomic E-state index is 0.403. The number of benzene rings is 2. The van der Waals surface area contributed by atoms with E-state index in [2.05, 4.69) is 30.9 Å². The molecular weight excluding hydrogens is 250 g/mol. The highest BCUT2D eigenvalue weighted by atomic mass is 17.1. The van der Waals surface area contributed by atoms with Gasteiger partial charge in [0.05, 0.1) is 5.69 Å². The second-order valence-electron chi connectivity index (χ2n) is 5.38. The van der Waals surface area contributed by atoms with Gasteiger partial charge >= 0.3 is 0 Å². The molecule has 2 aromatic carbocycles. The third-order valence-corrected chi connectivity index (χ3v) is 3.44. The Hall–Kier alpha value is -2.00. The molecule has 2 rings (SSSR count). The molecule has 0 aliphatic heterocycles. The molecule has 0 spiro atoms. The van der Waals surface area contributed by atoms with Gasteiger partial charge < -0.3 is 9.79 Å². The Morgan fingerprint density at radius 2 is 1.60 bits per heavy atom. The van der Waals surface area contributed by atoms with Crippen molar-refractivity contribution in [2.24, 2.45) is 0 Å². The van der Waals surface area contributed by atoms with Gasteiger partial charge in [0.25, 0.3) is 0 Å². The minimum atomic E-state index is 0.403. The molecule has 0 atom stereocenters. The van der Waals surface area contributed by atoms with Crippen LogP contribution in [0.5, 0.6) is 5.75 Å². The van der Waals surface area contributed by atoms with E-state index in [-0.39, 0.29) is 0 Å². The van der Waals surface area contributed by atoms with Crippen LogP contribution in [0.25, 0.3) is 11.1 Å². The van der Waals surface area contributed by atoms with E-state index in [1.165, 1.54) is 5.56 Å². The van der Waals surface area contributed by atoms with Crippen molar-refractivity contribution in [3.05, 3.63) is 48.0 Å². The fraction of sp³-hybridized carbons (Fsp3) is 0.294. The van der Waals surface area contributed by atoms with Gasteiger partial charge in [0.1, 0.15) is 0 Å². The molecule has 0 unspecified atom stereocenters. The van der Waals surface area contributed by atoms with Gasteiger partial charge in [0.15, 0.2) is 5.75 Å². The second-order valence-corrected chi connectivity index (χ2v) is 5.38. The molecule has 0 aromatic heterocycles. The molecule has 0 fully saturated rings. The van der Waals surface area contributed by atoms with Gasteiger partial charge in [-0.2, -0.15) is 0 Å². The predicted molar refractivity (Wildman–Crippen MR) is 83.6 cm³/mol. The number of nitrogens with zero attached hydrogens (tertiary/aromatic N) is 1. The highest BCUT2D eigenvalue weighted by Crippen LogP contribution is 2.40. The third kappa shape index (κ3) is 2.63. The first-order chi connectivity index (χ1) is 9.56. The summed E-state index contributed by atoms with van der Waals surface area (Å²) in [7, 11) is 3.85. The summed E-state index contributed by atoms with van der Waals surface area (Å²) < 4.78 is 0. The molecule has 0 aliphatic carbocycles. The van der Waals surface area contributed by atoms with E-state index in [4.69, 9.17) is 0 Å². The first-order valence-electron chi connectivity index (χ1n) is 6.77. The van der Waals surface area contributed by atoms with Crippen LogP contribution in [0.1, 0.15) is 25.3 Å². The number of anilines is 1. The van der Waals surface area contributed by atoms with E-state index in [1.807, 2.05) is 49.3 Å². The molecule has 0 saturated heterocycles. The van der Waals surface area contributed by atoms with Crippen molar-refractivity contribution in [2.75, 3.05) is 19.0 Å². The lowest BCUT2D eigenvalue weighted by Gasteiger charge is -2.20. The van der Waals surface area contributed by atoms with Crippen LogP contribution in [0.15, 0.2) is 42.5 Å². The summed E-state index contributed by atoms with van der Waals surface area (Å²) in [6.07, 6.45) is 0. The van der Waals surface area contributed by atoms with Gasteiger partial charge in [-0.3, -0.25) is 0 Å². The summed E-state index contributed by atoms with van der Waals surface area (Å²) in [5.41, 5.74) is 4.09. The van der Waals surface area contributed by atoms with Crippen molar-refractivity contribution in [2.45, 2.75) is 19.8 Å². The lowest BCUT2D eigenvalue weighted by molar-refractivity contribution is -0.136. The first-order valence-corrected chi connectivity index (χ1v) is 6.77. The Bertz CT molecular complexity index is 591. The average molecular weight is 271 g/mol. The van der Waals surface area contributed by atoms with E-state index in [9.17, 15) is 5.26 Å². The van der Waals surface area contributed by atoms with Crippen LogP contribution in [-0.2, 0) is 0 Å². The van der Waals surface area contributed by atoms with Crippen molar-refractivity contribution >= 4 is 5.69 Å². The lowest BCUT2D eigenvalue weighted by Crippen LogP contribution is -2.10. The van der Waals surface area contributed by atoms with E-state index in [0.29, 0.717) is 11.7 Å². The maximum Gasteiger partial charge on any atom is 0.196 e. The molecular formula is C17H21NO2. The normalized spacial score (nSPS) is 10.7. The lowest BCUT2D eigenvalue weighted by atomic mass is 9.92. The fourth-order valence-electron chi connectivity index (χ4n) is 2.43. The number of hydrogen-bond acceptors (Lipinski definition) is 3. The van der Waals surface area contributed by atoms with Crippen molar-refractivity contribution in [1.82, 2.24) is 0 Å². The van der Waals surface area contributed by atoms with Crippen LogP contribution in [0.2, 0.25) is 0 Å². The van der Waals surface area contributed by atoms with E-state index in [0.717, 1.165) is 16.8 Å². The van der Waals surface area contributed by atoms with E-state index < -0.39 is 0 Å². The van der Waals surface area contributed by atoms with Gasteiger partial charge in [0.2, 0.25) is 0 Å². The van der Waals surface area contributed by atoms with Gasteiger partial charge in [-0.15, -0.1) is 0 Å². The number of rotatable bonds is 4. The van der Waals surface area contributed by atoms with Crippen LogP contribution < -0.4 is 9.79 Å². The molecule has 20 heavy (non-hydrogen) atoms. The zero-order valence-electron chi connectivity index (χ0n) is 12.4. The van der Waals surface area contributed by atoms with E-state index in [1.54, 1.807) is 0 Å². The molecule has 106 valence electrons. The molecule has 0 bridgehead atoms. The van der Waals surface area contributed by atoms with Gasteiger partial charge in [-0.25, -0.2) is 5.26 Å². The zero-order chi connectivity index (χ0) is 14.7. The highest BCUT2D eigenvalue weighted by Gasteiger charge is 2.16. The summed E-state index contributed by atoms with van der Waals surface area (Å²) in [6, 6.07) is 14.1. The molecule has 3 nitrogen and oxygen atoms in total. The maximum atomic E-state index is 9.31. The Morgan fingerprint density at radius 1 is 0.950 bits per heavy atom. The number of hydrogen-bond donors (Lipinski definition) is 1. The maximum absolute atomic E-state index is 9.31. The summed E-state index contributed by atoms with van der Waals surface area (Å²) >= 11 is 0. The monoisotopic (exact) mass is 271 g/mol. The summed E-state index contributed by atoms with van der Waals surface area (Å²) in [4.78, 5) is 6.61. The first kappa shape index (κ1) is 14.4. The topological polar surface area (TPSA) is 32.7 Å². The Labute approximate surface area is 120 Å². The van der Waals surface area contributed by atoms with Crippen LogP contribution >= 0.6 is 0 Å². The fourth-order valence-corrected chi connectivity index (χ4v) is 2.43. The van der Waals surface area contributed by atoms with Gasteiger partial charge in [-0.1, -0.05) is 50.2 Å². The van der Waals surface area contributed by atoms with Gasteiger partial charge in [0, 0.05) is 19.7 Å². The standard InChI is InChI=1S/C17H21NO2/c1-12(2)13-8-5-6-9-14(13)15-10-7-11-16(18(3)4)17(15)20-19/h5-12,19H,1-4H3. The molecule has 0 amide bonds. The smallest absolute Gasteiger partial charge is 0.196 e. The second kappa shape index (κ2) is 5.97. The average Bonchev–Trinajstić information content (AvgIpc) is 2.46. The summed E-state index contributed by atoms with van der Waals surface area (Å²) in [5, 5.41) is 9.31. The van der Waals surface area contributed by atoms with Crippen LogP contribution in [-0.4, -0.2) is 19.4 Å². The molecule has 0 saturated carbocycles. The van der Waals surface area contributed by atoms with Crippen LogP contribution in [0, 0.1) is 0 Å². The molecule has 1 N–H and O–H groups in total. The predicted octanol–water partition coefficient (Wildman–Crippen LogP) is 4.39. The largest absolute Gasteiger partial charge is 0.375 e. The Morgan fingerprint density at radius 3 is 2.20 bits per heavy atom. The molecule has 3 heteroatoms. The van der Waals surface area contributed by atoms with Crippen molar-refractivity contribution < 1.29 is 10.1 Å². The summed E-state index contributed by atoms with van der Waals surface area (Å²) in [5.74, 6) is 0.895. The molecule has 0 heterocycles. The van der Waals surface area contributed by atoms with Crippen molar-refractivity contribution in [3.8, 4) is 16.9 Å². The van der Waals surface area contributed by atoms with Crippen molar-refractivity contribution in [1.29, 1.82) is 0 Å². The molecule has 0 radical (unpaired) electrons. The van der Waals surface area contributed by atoms with Crippen LogP contribution in [0.4, 0.5) is 5.69 Å². The molecule has 2 aromatic rings. The Balaban J connectivity index is 2.67. The zero-order valence-corrected chi connectivity index (χ0v) is 12.4. The molecule has 0 aliphatic rings. The Kier molecular flexibility index (Phi) is 4.30. The van der Waals surface area contributed by atoms with E-state index >= 15 is 0 Å².